The molecule has 0 aliphatic rings. The predicted molar refractivity (Wildman–Crippen MR) is 90.9 cm³/mol. The van der Waals surface area contributed by atoms with Gasteiger partial charge in [-0.05, 0) is 25.5 Å². The molecule has 7 nitrogen and oxygen atoms in total. The lowest BCUT2D eigenvalue weighted by Crippen LogP contribution is -2.37. The van der Waals surface area contributed by atoms with Gasteiger partial charge in [-0.2, -0.15) is 4.98 Å². The van der Waals surface area contributed by atoms with Crippen LogP contribution in [0.25, 0.3) is 10.1 Å². The highest BCUT2D eigenvalue weighted by molar-refractivity contribution is 7.14. The Kier molecular flexibility index (Phi) is 4.75. The van der Waals surface area contributed by atoms with Crippen LogP contribution in [0.1, 0.15) is 44.6 Å². The van der Waals surface area contributed by atoms with E-state index in [2.05, 4.69) is 15.5 Å². The molecule has 126 valence electrons. The van der Waals surface area contributed by atoms with Crippen LogP contribution in [0.15, 0.2) is 40.0 Å². The Morgan fingerprint density at radius 2 is 2.21 bits per heavy atom. The molecular formula is C16H18N4O3S. The molecule has 0 saturated heterocycles. The van der Waals surface area contributed by atoms with Crippen molar-refractivity contribution < 1.29 is 9.32 Å². The summed E-state index contributed by atoms with van der Waals surface area (Å²) in [5.41, 5.74) is -0.128. The molecule has 2 atom stereocenters. The van der Waals surface area contributed by atoms with Crippen LogP contribution in [0, 0.1) is 0 Å². The number of carbonyl (C=O) groups is 1. The van der Waals surface area contributed by atoms with Crippen molar-refractivity contribution in [2.45, 2.75) is 38.8 Å². The van der Waals surface area contributed by atoms with Crippen molar-refractivity contribution >= 4 is 27.5 Å². The van der Waals surface area contributed by atoms with Gasteiger partial charge in [-0.1, -0.05) is 42.2 Å². The Bertz CT molecular complexity index is 884. The largest absolute Gasteiger partial charge is 0.344 e. The average Bonchev–Trinajstić information content (AvgIpc) is 3.22. The summed E-state index contributed by atoms with van der Waals surface area (Å²) >= 11 is 1.32. The normalized spacial score (nSPS) is 13.8. The smallest absolute Gasteiger partial charge is 0.269 e. The second-order valence-corrected chi connectivity index (χ2v) is 6.56. The lowest BCUT2D eigenvalue weighted by Gasteiger charge is -2.18. The van der Waals surface area contributed by atoms with Crippen molar-refractivity contribution in [1.29, 1.82) is 0 Å². The minimum absolute atomic E-state index is 0.128. The average molecular weight is 346 g/mol. The van der Waals surface area contributed by atoms with Gasteiger partial charge in [0.2, 0.25) is 12.3 Å². The number of amides is 1. The molecule has 2 heterocycles. The van der Waals surface area contributed by atoms with Crippen molar-refractivity contribution in [3.63, 3.8) is 0 Å². The number of rotatable bonds is 6. The van der Waals surface area contributed by atoms with E-state index in [1.165, 1.54) is 17.9 Å². The number of fused-ring (bicyclic) bond motifs is 1. The number of aromatic nitrogens is 3. The summed E-state index contributed by atoms with van der Waals surface area (Å²) in [4.78, 5) is 29.3. The Hall–Kier alpha value is -2.48. The summed E-state index contributed by atoms with van der Waals surface area (Å²) in [5, 5.41) is 7.23. The number of nitrogens with zero attached hydrogens (tertiary/aromatic N) is 3. The van der Waals surface area contributed by atoms with Gasteiger partial charge in [0.1, 0.15) is 6.04 Å². The molecule has 1 amide bonds. The molecule has 3 aromatic rings. The molecule has 0 radical (unpaired) electrons. The summed E-state index contributed by atoms with van der Waals surface area (Å²) in [5.74, 6) is 0.185. The van der Waals surface area contributed by atoms with E-state index in [4.69, 9.17) is 4.52 Å². The maximum absolute atomic E-state index is 12.7. The minimum atomic E-state index is -0.547. The monoisotopic (exact) mass is 346 g/mol. The quantitative estimate of drug-likeness (QED) is 0.741. The first-order valence-corrected chi connectivity index (χ1v) is 8.56. The Balaban J connectivity index is 1.89. The second-order valence-electron chi connectivity index (χ2n) is 5.54. The molecule has 2 aromatic heterocycles. The van der Waals surface area contributed by atoms with E-state index in [1.54, 1.807) is 16.9 Å². The van der Waals surface area contributed by atoms with Crippen LogP contribution in [0.5, 0.6) is 0 Å². The van der Waals surface area contributed by atoms with Crippen molar-refractivity contribution in [3.8, 4) is 0 Å². The molecule has 1 N–H and O–H groups in total. The predicted octanol–water partition coefficient (Wildman–Crippen LogP) is 2.66. The lowest BCUT2D eigenvalue weighted by atomic mass is 10.1. The third-order valence-corrected chi connectivity index (χ3v) is 4.96. The molecule has 24 heavy (non-hydrogen) atoms. The highest BCUT2D eigenvalue weighted by atomic mass is 32.1. The van der Waals surface area contributed by atoms with Gasteiger partial charge in [0.25, 0.3) is 5.56 Å². The molecule has 1 aromatic carbocycles. The molecule has 0 bridgehead atoms. The van der Waals surface area contributed by atoms with E-state index in [-0.39, 0.29) is 17.5 Å². The van der Waals surface area contributed by atoms with Gasteiger partial charge in [0.05, 0.1) is 16.1 Å². The Labute approximate surface area is 142 Å². The zero-order chi connectivity index (χ0) is 17.1. The number of benzene rings is 1. The maximum Gasteiger partial charge on any atom is 0.269 e. The van der Waals surface area contributed by atoms with Crippen molar-refractivity contribution in [3.05, 3.63) is 46.8 Å². The van der Waals surface area contributed by atoms with Crippen molar-refractivity contribution in [2.75, 3.05) is 0 Å². The molecule has 0 aliphatic carbocycles. The first-order chi connectivity index (χ1) is 11.6. The van der Waals surface area contributed by atoms with Gasteiger partial charge in [-0.25, -0.2) is 0 Å². The van der Waals surface area contributed by atoms with Gasteiger partial charge in [-0.3, -0.25) is 13.5 Å². The Morgan fingerprint density at radius 3 is 2.88 bits per heavy atom. The van der Waals surface area contributed by atoms with Crippen LogP contribution in [0.4, 0.5) is 0 Å². The first-order valence-electron chi connectivity index (χ1n) is 7.79. The highest BCUT2D eigenvalue weighted by Gasteiger charge is 2.25. The summed E-state index contributed by atoms with van der Waals surface area (Å²) in [6, 6.07) is 6.45. The molecule has 3 rings (SSSR count). The summed E-state index contributed by atoms with van der Waals surface area (Å²) in [6.07, 6.45) is 2.59. The molecule has 0 spiro atoms. The van der Waals surface area contributed by atoms with E-state index in [9.17, 15) is 9.59 Å². The fourth-order valence-corrected chi connectivity index (χ4v) is 3.68. The molecule has 8 heteroatoms. The first kappa shape index (κ1) is 16.4. The number of hydrogen-bond acceptors (Lipinski definition) is 6. The molecule has 0 saturated carbocycles. The van der Waals surface area contributed by atoms with Gasteiger partial charge in [0, 0.05) is 0 Å². The SMILES string of the molecule is CCCC(C(=O)NC(C)c1ncon1)n1sc2ccccc2c1=O. The fourth-order valence-electron chi connectivity index (χ4n) is 2.57. The van der Waals surface area contributed by atoms with E-state index in [0.29, 0.717) is 17.6 Å². The van der Waals surface area contributed by atoms with Crippen LogP contribution in [0.2, 0.25) is 0 Å². The van der Waals surface area contributed by atoms with E-state index >= 15 is 0 Å². The topological polar surface area (TPSA) is 90.0 Å². The third kappa shape index (κ3) is 3.09. The summed E-state index contributed by atoms with van der Waals surface area (Å²) < 4.78 is 7.14. The summed E-state index contributed by atoms with van der Waals surface area (Å²) in [6.45, 7) is 3.76. The van der Waals surface area contributed by atoms with E-state index in [0.717, 1.165) is 11.1 Å². The van der Waals surface area contributed by atoms with Gasteiger partial charge in [-0.15, -0.1) is 0 Å². The van der Waals surface area contributed by atoms with E-state index < -0.39 is 6.04 Å². The lowest BCUT2D eigenvalue weighted by molar-refractivity contribution is -0.125. The van der Waals surface area contributed by atoms with Gasteiger partial charge in [0.15, 0.2) is 5.82 Å². The second kappa shape index (κ2) is 6.96. The van der Waals surface area contributed by atoms with Crippen LogP contribution in [-0.4, -0.2) is 20.0 Å². The van der Waals surface area contributed by atoms with Crippen LogP contribution in [-0.2, 0) is 4.79 Å². The zero-order valence-electron chi connectivity index (χ0n) is 13.4. The molecule has 2 unspecified atom stereocenters. The minimum Gasteiger partial charge on any atom is -0.344 e. The van der Waals surface area contributed by atoms with Crippen LogP contribution < -0.4 is 10.9 Å². The molecule has 0 aliphatic heterocycles. The third-order valence-electron chi connectivity index (χ3n) is 3.79. The van der Waals surface area contributed by atoms with Crippen molar-refractivity contribution in [2.24, 2.45) is 0 Å². The number of hydrogen-bond donors (Lipinski definition) is 1. The maximum atomic E-state index is 12.7. The van der Waals surface area contributed by atoms with Crippen LogP contribution >= 0.6 is 11.5 Å². The fraction of sp³-hybridized carbons (Fsp3) is 0.375. The van der Waals surface area contributed by atoms with Gasteiger partial charge < -0.3 is 9.84 Å². The number of carbonyl (C=O) groups excluding carboxylic acids is 1. The Morgan fingerprint density at radius 1 is 1.42 bits per heavy atom. The highest BCUT2D eigenvalue weighted by Crippen LogP contribution is 2.23. The standard InChI is InChI=1S/C16H18N4O3S/c1-3-6-12(15(21)18-10(2)14-17-9-23-19-14)20-16(22)11-7-4-5-8-13(11)24-20/h4-5,7-10,12H,3,6H2,1-2H3,(H,18,21). The summed E-state index contributed by atoms with van der Waals surface area (Å²) in [7, 11) is 0. The van der Waals surface area contributed by atoms with Crippen LogP contribution in [0.3, 0.4) is 0 Å². The van der Waals surface area contributed by atoms with Crippen molar-refractivity contribution in [1.82, 2.24) is 19.4 Å². The van der Waals surface area contributed by atoms with E-state index in [1.807, 2.05) is 25.1 Å². The molecule has 0 fully saturated rings. The molecular weight excluding hydrogens is 328 g/mol. The number of nitrogens with one attached hydrogen (secondary N) is 1. The zero-order valence-corrected chi connectivity index (χ0v) is 14.2. The van der Waals surface area contributed by atoms with Gasteiger partial charge >= 0.3 is 0 Å².